The van der Waals surface area contributed by atoms with Crippen molar-refractivity contribution in [3.05, 3.63) is 59.9 Å². The first-order valence-electron chi connectivity index (χ1n) is 12.1. The highest BCUT2D eigenvalue weighted by Gasteiger charge is 2.38. The van der Waals surface area contributed by atoms with E-state index in [1.165, 1.54) is 16.5 Å². The van der Waals surface area contributed by atoms with Gasteiger partial charge in [0.1, 0.15) is 0 Å². The van der Waals surface area contributed by atoms with Crippen molar-refractivity contribution >= 4 is 23.6 Å². The molecule has 7 heteroatoms. The molecular formula is C27H33FN2O3S. The van der Waals surface area contributed by atoms with Crippen molar-refractivity contribution in [2.24, 2.45) is 5.92 Å². The Labute approximate surface area is 205 Å². The van der Waals surface area contributed by atoms with Gasteiger partial charge in [-0.25, -0.2) is 4.39 Å². The summed E-state index contributed by atoms with van der Waals surface area (Å²) in [6.45, 7) is 1.77. The number of amides is 2. The lowest BCUT2D eigenvalue weighted by atomic mass is 9.84. The number of ether oxygens (including phenoxy) is 1. The van der Waals surface area contributed by atoms with Gasteiger partial charge in [0, 0.05) is 42.3 Å². The van der Waals surface area contributed by atoms with E-state index in [0.717, 1.165) is 32.2 Å². The fourth-order valence-corrected chi connectivity index (χ4v) is 5.43. The highest BCUT2D eigenvalue weighted by molar-refractivity contribution is 7.98. The van der Waals surface area contributed by atoms with Gasteiger partial charge in [0.05, 0.1) is 6.61 Å². The standard InChI is InChI=1S/C27H33FN2O3S/c1-34-22-10-8-20(9-11-22)17-27(14-12-25(31)29-27)15-13-26(32)30-16-4-5-21(18-30)19-33-24-7-3-2-6-23(24)28/h2-3,6-11,21H,4-5,12-19H2,1H3,(H,29,31)/t21-,27+/m1/s1. The zero-order valence-electron chi connectivity index (χ0n) is 19.7. The number of nitrogens with zero attached hydrogens (tertiary/aromatic N) is 1. The zero-order chi connectivity index (χ0) is 24.0. The second kappa shape index (κ2) is 11.3. The SMILES string of the molecule is CSc1ccc(C[C@@]2(CCC(=O)N3CCC[C@@H](COc4ccccc4F)C3)CCC(=O)N2)cc1. The first-order valence-corrected chi connectivity index (χ1v) is 13.3. The number of carbonyl (C=O) groups excluding carboxylic acids is 2. The van der Waals surface area contributed by atoms with E-state index in [9.17, 15) is 14.0 Å². The van der Waals surface area contributed by atoms with E-state index in [1.807, 2.05) is 4.90 Å². The third kappa shape index (κ3) is 6.32. The van der Waals surface area contributed by atoms with E-state index >= 15 is 0 Å². The van der Waals surface area contributed by atoms with Crippen LogP contribution in [0.2, 0.25) is 0 Å². The Morgan fingerprint density at radius 1 is 1.24 bits per heavy atom. The van der Waals surface area contributed by atoms with Gasteiger partial charge in [-0.05, 0) is 68.2 Å². The lowest BCUT2D eigenvalue weighted by Crippen LogP contribution is -2.46. The maximum atomic E-state index is 13.8. The van der Waals surface area contributed by atoms with Crippen molar-refractivity contribution in [1.82, 2.24) is 10.2 Å². The molecule has 2 aromatic rings. The maximum absolute atomic E-state index is 13.8. The second-order valence-corrected chi connectivity index (χ2v) is 10.3. The Morgan fingerprint density at radius 2 is 2.03 bits per heavy atom. The summed E-state index contributed by atoms with van der Waals surface area (Å²) < 4.78 is 19.5. The lowest BCUT2D eigenvalue weighted by Gasteiger charge is -2.34. The Bertz CT molecular complexity index is 1000. The van der Waals surface area contributed by atoms with Crippen LogP contribution in [0.25, 0.3) is 0 Å². The van der Waals surface area contributed by atoms with E-state index < -0.39 is 0 Å². The minimum atomic E-state index is -0.364. The number of likely N-dealkylation sites (tertiary alicyclic amines) is 1. The molecule has 1 N–H and O–H groups in total. The molecule has 0 saturated carbocycles. The smallest absolute Gasteiger partial charge is 0.222 e. The molecule has 2 amide bonds. The van der Waals surface area contributed by atoms with Crippen LogP contribution in [0.4, 0.5) is 4.39 Å². The summed E-state index contributed by atoms with van der Waals surface area (Å²) >= 11 is 1.71. The fraction of sp³-hybridized carbons (Fsp3) is 0.481. The number of piperidine rings is 1. The minimum Gasteiger partial charge on any atom is -0.490 e. The quantitative estimate of drug-likeness (QED) is 0.518. The topological polar surface area (TPSA) is 58.6 Å². The van der Waals surface area contributed by atoms with E-state index in [-0.39, 0.29) is 34.8 Å². The number of rotatable bonds is 9. The average Bonchev–Trinajstić information content (AvgIpc) is 3.23. The molecule has 0 aliphatic carbocycles. The normalized spacial score (nSPS) is 22.5. The Morgan fingerprint density at radius 3 is 2.74 bits per heavy atom. The number of hydrogen-bond donors (Lipinski definition) is 1. The van der Waals surface area contributed by atoms with Crippen molar-refractivity contribution in [3.8, 4) is 5.75 Å². The van der Waals surface area contributed by atoms with E-state index in [1.54, 1.807) is 30.0 Å². The lowest BCUT2D eigenvalue weighted by molar-refractivity contribution is -0.134. The molecule has 2 aromatic carbocycles. The van der Waals surface area contributed by atoms with Gasteiger partial charge in [-0.1, -0.05) is 24.3 Å². The van der Waals surface area contributed by atoms with Gasteiger partial charge in [0.25, 0.3) is 0 Å². The van der Waals surface area contributed by atoms with Crippen molar-refractivity contribution in [2.75, 3.05) is 26.0 Å². The van der Waals surface area contributed by atoms with Crippen molar-refractivity contribution in [2.45, 2.75) is 55.4 Å². The summed E-state index contributed by atoms with van der Waals surface area (Å²) in [5.74, 6) is 0.270. The summed E-state index contributed by atoms with van der Waals surface area (Å²) in [6.07, 6.45) is 6.97. The summed E-state index contributed by atoms with van der Waals surface area (Å²) in [5.41, 5.74) is 0.812. The largest absolute Gasteiger partial charge is 0.490 e. The highest BCUT2D eigenvalue weighted by atomic mass is 32.2. The van der Waals surface area contributed by atoms with E-state index in [0.29, 0.717) is 32.4 Å². The second-order valence-electron chi connectivity index (χ2n) is 9.44. The molecule has 5 nitrogen and oxygen atoms in total. The molecule has 0 spiro atoms. The third-order valence-electron chi connectivity index (χ3n) is 6.94. The molecule has 0 bridgehead atoms. The molecule has 4 rings (SSSR count). The molecule has 34 heavy (non-hydrogen) atoms. The Balaban J connectivity index is 1.32. The van der Waals surface area contributed by atoms with E-state index in [4.69, 9.17) is 4.74 Å². The number of hydrogen-bond acceptors (Lipinski definition) is 4. The summed E-state index contributed by atoms with van der Waals surface area (Å²) in [4.78, 5) is 28.3. The predicted octanol–water partition coefficient (Wildman–Crippen LogP) is 4.84. The Hall–Kier alpha value is -2.54. The summed E-state index contributed by atoms with van der Waals surface area (Å²) in [5, 5.41) is 3.18. The van der Waals surface area contributed by atoms with Gasteiger partial charge in [-0.2, -0.15) is 0 Å². The third-order valence-corrected chi connectivity index (χ3v) is 7.68. The van der Waals surface area contributed by atoms with Crippen LogP contribution in [-0.4, -0.2) is 48.2 Å². The van der Waals surface area contributed by atoms with Crippen molar-refractivity contribution in [1.29, 1.82) is 0 Å². The number of halogens is 1. The summed E-state index contributed by atoms with van der Waals surface area (Å²) in [7, 11) is 0. The van der Waals surface area contributed by atoms with Gasteiger partial charge in [0.15, 0.2) is 11.6 Å². The van der Waals surface area contributed by atoms with E-state index in [2.05, 4.69) is 35.8 Å². The first-order chi connectivity index (χ1) is 16.5. The average molecular weight is 485 g/mol. The molecule has 0 aromatic heterocycles. The van der Waals surface area contributed by atoms with Gasteiger partial charge in [-0.3, -0.25) is 9.59 Å². The first kappa shape index (κ1) is 24.6. The van der Waals surface area contributed by atoms with Crippen LogP contribution in [0.1, 0.15) is 44.1 Å². The van der Waals surface area contributed by atoms with Crippen LogP contribution in [0.5, 0.6) is 5.75 Å². The molecule has 2 heterocycles. The van der Waals surface area contributed by atoms with Crippen molar-refractivity contribution in [3.63, 3.8) is 0 Å². The Kier molecular flexibility index (Phi) is 8.14. The fourth-order valence-electron chi connectivity index (χ4n) is 5.02. The van der Waals surface area contributed by atoms with Crippen LogP contribution in [0, 0.1) is 11.7 Å². The number of nitrogens with one attached hydrogen (secondary N) is 1. The molecular weight excluding hydrogens is 451 g/mol. The van der Waals surface area contributed by atoms with Crippen LogP contribution in [0.3, 0.4) is 0 Å². The van der Waals surface area contributed by atoms with Crippen molar-refractivity contribution < 1.29 is 18.7 Å². The van der Waals surface area contributed by atoms with Gasteiger partial charge < -0.3 is 15.0 Å². The minimum absolute atomic E-state index is 0.0662. The van der Waals surface area contributed by atoms with Crippen LogP contribution in [0.15, 0.2) is 53.4 Å². The number of carbonyl (C=O) groups is 2. The molecule has 2 saturated heterocycles. The molecule has 2 aliphatic heterocycles. The molecule has 2 fully saturated rings. The van der Waals surface area contributed by atoms with Gasteiger partial charge in [-0.15, -0.1) is 11.8 Å². The molecule has 182 valence electrons. The predicted molar refractivity (Wildman–Crippen MR) is 132 cm³/mol. The zero-order valence-corrected chi connectivity index (χ0v) is 20.5. The maximum Gasteiger partial charge on any atom is 0.222 e. The summed E-state index contributed by atoms with van der Waals surface area (Å²) in [6, 6.07) is 14.9. The molecule has 0 unspecified atom stereocenters. The van der Waals surface area contributed by atoms with Gasteiger partial charge in [0.2, 0.25) is 11.8 Å². The van der Waals surface area contributed by atoms with Crippen LogP contribution in [-0.2, 0) is 16.0 Å². The molecule has 0 radical (unpaired) electrons. The number of para-hydroxylation sites is 1. The monoisotopic (exact) mass is 484 g/mol. The van der Waals surface area contributed by atoms with Crippen LogP contribution >= 0.6 is 11.8 Å². The molecule has 2 aliphatic rings. The van der Waals surface area contributed by atoms with Gasteiger partial charge >= 0.3 is 0 Å². The molecule has 2 atom stereocenters. The van der Waals surface area contributed by atoms with Crippen LogP contribution < -0.4 is 10.1 Å². The highest BCUT2D eigenvalue weighted by Crippen LogP contribution is 2.31. The number of thioether (sulfide) groups is 1. The number of benzene rings is 2.